The van der Waals surface area contributed by atoms with Crippen LogP contribution in [0.2, 0.25) is 0 Å². The van der Waals surface area contributed by atoms with Gasteiger partial charge in [0.25, 0.3) is 5.91 Å². The standard InChI is InChI=1S/C19H27N3O5S/c1-4-27-18(24)15-14-5-8-22(17(23)16(14)21(3)20-15)11-19(6-7-19)28(25,26)13-9-12(2)10-13/h12-13H,4-11H2,1-3H3/t12-,13-. The van der Waals surface area contributed by atoms with Crippen LogP contribution < -0.4 is 0 Å². The zero-order valence-electron chi connectivity index (χ0n) is 16.6. The summed E-state index contributed by atoms with van der Waals surface area (Å²) in [6.45, 7) is 4.66. The number of amides is 1. The van der Waals surface area contributed by atoms with Crippen LogP contribution >= 0.6 is 0 Å². The fraction of sp³-hybridized carbons (Fsp3) is 0.737. The summed E-state index contributed by atoms with van der Waals surface area (Å²) in [7, 11) is -1.61. The van der Waals surface area contributed by atoms with Gasteiger partial charge in [0.1, 0.15) is 5.69 Å². The molecule has 1 amide bonds. The van der Waals surface area contributed by atoms with E-state index in [1.807, 2.05) is 0 Å². The van der Waals surface area contributed by atoms with E-state index in [1.165, 1.54) is 4.68 Å². The average molecular weight is 410 g/mol. The SMILES string of the molecule is CCOC(=O)c1nn(C)c2c1CCN(CC1(S(=O)(=O)[C@H]3C[C@H](C)C3)CC1)C2=O. The predicted molar refractivity (Wildman–Crippen MR) is 102 cm³/mol. The molecule has 0 N–H and O–H groups in total. The van der Waals surface area contributed by atoms with Crippen LogP contribution in [0.1, 0.15) is 66.1 Å². The fourth-order valence-corrected chi connectivity index (χ4v) is 7.42. The van der Waals surface area contributed by atoms with E-state index in [0.29, 0.717) is 43.0 Å². The van der Waals surface area contributed by atoms with Crippen LogP contribution in [0, 0.1) is 5.92 Å². The number of hydrogen-bond donors (Lipinski definition) is 0. The Labute approximate surface area is 165 Å². The van der Waals surface area contributed by atoms with Crippen LogP contribution in [0.15, 0.2) is 0 Å². The summed E-state index contributed by atoms with van der Waals surface area (Å²) in [4.78, 5) is 26.8. The summed E-state index contributed by atoms with van der Waals surface area (Å²) in [6.07, 6.45) is 3.17. The second kappa shape index (κ2) is 6.57. The molecule has 2 heterocycles. The minimum absolute atomic E-state index is 0.185. The molecule has 0 saturated heterocycles. The summed E-state index contributed by atoms with van der Waals surface area (Å²) in [5.74, 6) is -0.318. The van der Waals surface area contributed by atoms with Crippen molar-refractivity contribution in [2.24, 2.45) is 13.0 Å². The first-order valence-corrected chi connectivity index (χ1v) is 11.5. The third kappa shape index (κ3) is 2.86. The van der Waals surface area contributed by atoms with E-state index in [9.17, 15) is 18.0 Å². The average Bonchev–Trinajstić information content (AvgIpc) is 3.32. The Morgan fingerprint density at radius 1 is 1.32 bits per heavy atom. The van der Waals surface area contributed by atoms with E-state index in [4.69, 9.17) is 4.74 Å². The molecular formula is C19H27N3O5S. The van der Waals surface area contributed by atoms with Gasteiger partial charge in [0.2, 0.25) is 0 Å². The second-order valence-electron chi connectivity index (χ2n) is 8.42. The molecule has 2 aliphatic carbocycles. The number of ether oxygens (including phenoxy) is 1. The van der Waals surface area contributed by atoms with Crippen LogP contribution in [-0.2, 0) is 28.0 Å². The normalized spacial score (nSPS) is 25.8. The number of sulfone groups is 1. The molecule has 1 aromatic rings. The van der Waals surface area contributed by atoms with Gasteiger partial charge in [-0.1, -0.05) is 6.92 Å². The number of nitrogens with zero attached hydrogens (tertiary/aromatic N) is 3. The fourth-order valence-electron chi connectivity index (χ4n) is 4.54. The molecule has 0 radical (unpaired) electrons. The molecule has 0 bridgehead atoms. The maximum absolute atomic E-state index is 13.1. The van der Waals surface area contributed by atoms with Crippen molar-refractivity contribution in [3.8, 4) is 0 Å². The van der Waals surface area contributed by atoms with E-state index in [0.717, 1.165) is 12.8 Å². The maximum Gasteiger partial charge on any atom is 0.359 e. The Hall–Kier alpha value is -1.90. The molecule has 28 heavy (non-hydrogen) atoms. The van der Waals surface area contributed by atoms with Crippen LogP contribution in [0.4, 0.5) is 0 Å². The van der Waals surface area contributed by atoms with Crippen molar-refractivity contribution in [1.29, 1.82) is 0 Å². The van der Waals surface area contributed by atoms with Gasteiger partial charge >= 0.3 is 5.97 Å². The van der Waals surface area contributed by atoms with E-state index in [-0.39, 0.29) is 30.0 Å². The highest BCUT2D eigenvalue weighted by Gasteiger charge is 2.60. The highest BCUT2D eigenvalue weighted by atomic mass is 32.2. The third-order valence-electron chi connectivity index (χ3n) is 6.40. The smallest absolute Gasteiger partial charge is 0.359 e. The lowest BCUT2D eigenvalue weighted by Crippen LogP contribution is -2.50. The molecular weight excluding hydrogens is 382 g/mol. The van der Waals surface area contributed by atoms with Crippen LogP contribution in [0.5, 0.6) is 0 Å². The van der Waals surface area contributed by atoms with Gasteiger partial charge in [0, 0.05) is 25.7 Å². The second-order valence-corrected chi connectivity index (χ2v) is 11.0. The zero-order valence-corrected chi connectivity index (χ0v) is 17.4. The molecule has 9 heteroatoms. The minimum Gasteiger partial charge on any atom is -0.461 e. The van der Waals surface area contributed by atoms with Crippen molar-refractivity contribution >= 4 is 21.7 Å². The molecule has 3 aliphatic rings. The van der Waals surface area contributed by atoms with Gasteiger partial charge in [-0.05, 0) is 44.9 Å². The van der Waals surface area contributed by atoms with E-state index in [2.05, 4.69) is 12.0 Å². The lowest BCUT2D eigenvalue weighted by molar-refractivity contribution is 0.0517. The lowest BCUT2D eigenvalue weighted by Gasteiger charge is -2.37. The molecule has 2 fully saturated rings. The number of rotatable bonds is 6. The first-order valence-electron chi connectivity index (χ1n) is 9.96. The Bertz CT molecular complexity index is 926. The number of carbonyl (C=O) groups excluding carboxylic acids is 2. The Kier molecular flexibility index (Phi) is 4.56. The number of fused-ring (bicyclic) bond motifs is 1. The van der Waals surface area contributed by atoms with Crippen LogP contribution in [0.3, 0.4) is 0 Å². The van der Waals surface area contributed by atoms with Crippen molar-refractivity contribution in [3.63, 3.8) is 0 Å². The number of carbonyl (C=O) groups is 2. The Morgan fingerprint density at radius 2 is 2.00 bits per heavy atom. The summed E-state index contributed by atoms with van der Waals surface area (Å²) in [6, 6.07) is 0. The molecule has 1 aliphatic heterocycles. The van der Waals surface area contributed by atoms with E-state index in [1.54, 1.807) is 18.9 Å². The summed E-state index contributed by atoms with van der Waals surface area (Å²) >= 11 is 0. The topological polar surface area (TPSA) is 98.6 Å². The third-order valence-corrected chi connectivity index (χ3v) is 9.40. The monoisotopic (exact) mass is 409 g/mol. The number of aromatic nitrogens is 2. The molecule has 0 atom stereocenters. The molecule has 8 nitrogen and oxygen atoms in total. The Balaban J connectivity index is 1.55. The number of aryl methyl sites for hydroxylation is 1. The highest BCUT2D eigenvalue weighted by Crippen LogP contribution is 2.50. The van der Waals surface area contributed by atoms with Gasteiger partial charge in [0.15, 0.2) is 15.5 Å². The van der Waals surface area contributed by atoms with Crippen molar-refractivity contribution in [2.75, 3.05) is 19.7 Å². The van der Waals surface area contributed by atoms with Crippen LogP contribution in [-0.4, -0.2) is 64.7 Å². The summed E-state index contributed by atoms with van der Waals surface area (Å²) in [5.41, 5.74) is 1.15. The zero-order chi connectivity index (χ0) is 20.3. The molecule has 0 spiro atoms. The van der Waals surface area contributed by atoms with Crippen LogP contribution in [0.25, 0.3) is 0 Å². The number of hydrogen-bond acceptors (Lipinski definition) is 6. The van der Waals surface area contributed by atoms with Gasteiger partial charge in [-0.3, -0.25) is 9.48 Å². The predicted octanol–water partition coefficient (Wildman–Crippen LogP) is 1.34. The summed E-state index contributed by atoms with van der Waals surface area (Å²) < 4.78 is 31.8. The van der Waals surface area contributed by atoms with Gasteiger partial charge in [-0.25, -0.2) is 13.2 Å². The maximum atomic E-state index is 13.1. The number of esters is 1. The van der Waals surface area contributed by atoms with Gasteiger partial charge in [0.05, 0.1) is 16.6 Å². The molecule has 0 unspecified atom stereocenters. The van der Waals surface area contributed by atoms with Crippen molar-refractivity contribution in [2.45, 2.75) is 55.9 Å². The molecule has 2 saturated carbocycles. The molecule has 1 aromatic heterocycles. The van der Waals surface area contributed by atoms with Gasteiger partial charge in [-0.2, -0.15) is 5.10 Å². The van der Waals surface area contributed by atoms with Gasteiger partial charge in [-0.15, -0.1) is 0 Å². The van der Waals surface area contributed by atoms with E-state index < -0.39 is 20.6 Å². The quantitative estimate of drug-likeness (QED) is 0.658. The summed E-state index contributed by atoms with van der Waals surface area (Å²) in [5, 5.41) is 3.93. The molecule has 0 aromatic carbocycles. The first kappa shape index (κ1) is 19.4. The van der Waals surface area contributed by atoms with Crippen molar-refractivity contribution in [1.82, 2.24) is 14.7 Å². The molecule has 154 valence electrons. The first-order chi connectivity index (χ1) is 13.2. The van der Waals surface area contributed by atoms with Crippen molar-refractivity contribution < 1.29 is 22.7 Å². The largest absolute Gasteiger partial charge is 0.461 e. The minimum atomic E-state index is -3.24. The Morgan fingerprint density at radius 3 is 2.57 bits per heavy atom. The molecule has 4 rings (SSSR count). The van der Waals surface area contributed by atoms with E-state index >= 15 is 0 Å². The van der Waals surface area contributed by atoms with Crippen molar-refractivity contribution in [3.05, 3.63) is 17.0 Å². The van der Waals surface area contributed by atoms with Gasteiger partial charge < -0.3 is 9.64 Å². The lowest BCUT2D eigenvalue weighted by atomic mass is 9.87. The highest BCUT2D eigenvalue weighted by molar-refractivity contribution is 7.93.